The maximum Gasteiger partial charge on any atom is 0.416 e. The normalized spacial score (nSPS) is 13.0. The molecule has 0 saturated heterocycles. The van der Waals surface area contributed by atoms with Gasteiger partial charge in [0.05, 0.1) is 11.3 Å². The fourth-order valence-electron chi connectivity index (χ4n) is 1.99. The second kappa shape index (κ2) is 6.58. The summed E-state index contributed by atoms with van der Waals surface area (Å²) in [4.78, 5) is 21.1. The molecule has 134 valence electrons. The number of nitrogens with two attached hydrogens (primary N) is 1. The summed E-state index contributed by atoms with van der Waals surface area (Å²) in [6.45, 7) is 5.69. The third kappa shape index (κ3) is 5.07. The third-order valence-electron chi connectivity index (χ3n) is 3.23. The van der Waals surface area contributed by atoms with Crippen molar-refractivity contribution < 1.29 is 18.2 Å². The Kier molecular flexibility index (Phi) is 4.87. The molecule has 25 heavy (non-hydrogen) atoms. The van der Waals surface area contributed by atoms with Crippen molar-refractivity contribution in [2.75, 3.05) is 5.32 Å². The van der Waals surface area contributed by atoms with Gasteiger partial charge in [-0.05, 0) is 18.2 Å². The number of aromatic amines is 1. The lowest BCUT2D eigenvalue weighted by atomic mass is 9.92. The lowest BCUT2D eigenvalue weighted by Gasteiger charge is -2.14. The zero-order valence-electron chi connectivity index (χ0n) is 14.0. The first-order chi connectivity index (χ1) is 11.4. The SMILES string of the molecule is CC(C)(C)c1cc(=O)[nH]c([NH+]=C(N)Nc2cccc(C(F)(F)F)c2)n1. The van der Waals surface area contributed by atoms with Crippen LogP contribution < -0.4 is 21.6 Å². The third-order valence-corrected chi connectivity index (χ3v) is 3.23. The van der Waals surface area contributed by atoms with Crippen molar-refractivity contribution in [3.63, 3.8) is 0 Å². The van der Waals surface area contributed by atoms with Crippen LogP contribution in [0.15, 0.2) is 35.1 Å². The summed E-state index contributed by atoms with van der Waals surface area (Å²) in [5.74, 6) is 0.0166. The number of benzene rings is 1. The number of guanidine groups is 1. The van der Waals surface area contributed by atoms with Crippen LogP contribution in [0.25, 0.3) is 0 Å². The van der Waals surface area contributed by atoms with Gasteiger partial charge in [-0.25, -0.2) is 9.98 Å². The van der Waals surface area contributed by atoms with Crippen molar-refractivity contribution in [1.82, 2.24) is 9.97 Å². The quantitative estimate of drug-likeness (QED) is 0.482. The van der Waals surface area contributed by atoms with Gasteiger partial charge in [-0.3, -0.25) is 10.1 Å². The van der Waals surface area contributed by atoms with E-state index in [1.54, 1.807) is 0 Å². The Bertz CT molecular complexity index is 850. The number of alkyl halides is 3. The summed E-state index contributed by atoms with van der Waals surface area (Å²) in [5.41, 5.74) is 4.93. The molecular formula is C16H19F3N5O+. The molecule has 0 atom stereocenters. The van der Waals surface area contributed by atoms with Crippen LogP contribution in [0.5, 0.6) is 0 Å². The maximum absolute atomic E-state index is 12.7. The Labute approximate surface area is 142 Å². The number of anilines is 1. The van der Waals surface area contributed by atoms with Crippen LogP contribution in [0.2, 0.25) is 0 Å². The van der Waals surface area contributed by atoms with Crippen LogP contribution in [0.4, 0.5) is 24.8 Å². The highest BCUT2D eigenvalue weighted by atomic mass is 19.4. The van der Waals surface area contributed by atoms with E-state index in [9.17, 15) is 18.0 Å². The first-order valence-corrected chi connectivity index (χ1v) is 7.41. The van der Waals surface area contributed by atoms with Crippen molar-refractivity contribution in [2.45, 2.75) is 32.4 Å². The summed E-state index contributed by atoms with van der Waals surface area (Å²) >= 11 is 0. The summed E-state index contributed by atoms with van der Waals surface area (Å²) in [6, 6.07) is 5.96. The number of rotatable bonds is 2. The van der Waals surface area contributed by atoms with Gasteiger partial charge in [0, 0.05) is 11.5 Å². The standard InChI is InChI=1S/C16H18F3N5O/c1-15(2,3)11-8-12(25)23-14(22-11)24-13(20)21-10-6-4-5-9(7-10)16(17,18)19/h4-8H,1-3H3,(H4,20,21,22,23,24,25)/p+1. The Morgan fingerprint density at radius 2 is 1.92 bits per heavy atom. The molecular weight excluding hydrogens is 335 g/mol. The minimum atomic E-state index is -4.45. The van der Waals surface area contributed by atoms with Crippen LogP contribution in [0.3, 0.4) is 0 Å². The van der Waals surface area contributed by atoms with Crippen molar-refractivity contribution in [2.24, 2.45) is 5.73 Å². The van der Waals surface area contributed by atoms with Crippen LogP contribution in [0, 0.1) is 0 Å². The second-order valence-corrected chi connectivity index (χ2v) is 6.47. The van der Waals surface area contributed by atoms with E-state index in [1.165, 1.54) is 18.2 Å². The molecule has 0 spiro atoms. The second-order valence-electron chi connectivity index (χ2n) is 6.47. The van der Waals surface area contributed by atoms with E-state index in [4.69, 9.17) is 5.73 Å². The number of nitrogens with one attached hydrogen (secondary N) is 3. The predicted molar refractivity (Wildman–Crippen MR) is 88.4 cm³/mol. The Hall–Kier alpha value is -2.84. The summed E-state index contributed by atoms with van der Waals surface area (Å²) < 4.78 is 38.2. The van der Waals surface area contributed by atoms with Gasteiger partial charge in [0.1, 0.15) is 5.69 Å². The summed E-state index contributed by atoms with van der Waals surface area (Å²) in [6.07, 6.45) is -4.45. The molecule has 0 fully saturated rings. The van der Waals surface area contributed by atoms with E-state index < -0.39 is 11.7 Å². The Balaban J connectivity index is 2.28. The summed E-state index contributed by atoms with van der Waals surface area (Å²) in [7, 11) is 0. The highest BCUT2D eigenvalue weighted by Crippen LogP contribution is 2.30. The molecule has 0 unspecified atom stereocenters. The molecule has 5 N–H and O–H groups in total. The highest BCUT2D eigenvalue weighted by Gasteiger charge is 2.30. The van der Waals surface area contributed by atoms with Crippen molar-refractivity contribution in [3.05, 3.63) is 51.9 Å². The van der Waals surface area contributed by atoms with Gasteiger partial charge >= 0.3 is 12.1 Å². The zero-order valence-corrected chi connectivity index (χ0v) is 14.0. The van der Waals surface area contributed by atoms with Crippen LogP contribution >= 0.6 is 0 Å². The van der Waals surface area contributed by atoms with Crippen LogP contribution in [0.1, 0.15) is 32.0 Å². The molecule has 0 bridgehead atoms. The van der Waals surface area contributed by atoms with E-state index in [1.807, 2.05) is 20.8 Å². The van der Waals surface area contributed by atoms with E-state index in [-0.39, 0.29) is 28.6 Å². The molecule has 0 saturated carbocycles. The molecule has 0 aliphatic carbocycles. The van der Waals surface area contributed by atoms with E-state index in [0.717, 1.165) is 12.1 Å². The monoisotopic (exact) mass is 354 g/mol. The molecule has 1 heterocycles. The van der Waals surface area contributed by atoms with Gasteiger partial charge in [-0.15, -0.1) is 4.98 Å². The zero-order chi connectivity index (χ0) is 18.8. The van der Waals surface area contributed by atoms with Gasteiger partial charge < -0.3 is 5.73 Å². The molecule has 0 radical (unpaired) electrons. The molecule has 2 aromatic rings. The molecule has 1 aromatic heterocycles. The minimum Gasteiger partial charge on any atom is -0.322 e. The summed E-state index contributed by atoms with van der Waals surface area (Å²) in [5, 5.41) is 2.60. The molecule has 0 aliphatic heterocycles. The Morgan fingerprint density at radius 3 is 2.52 bits per heavy atom. The molecule has 1 aromatic carbocycles. The topological polar surface area (TPSA) is 97.8 Å². The number of aromatic nitrogens is 2. The first-order valence-electron chi connectivity index (χ1n) is 7.41. The Morgan fingerprint density at radius 1 is 1.24 bits per heavy atom. The lowest BCUT2D eigenvalue weighted by Crippen LogP contribution is -2.73. The number of hydrogen-bond donors (Lipinski definition) is 4. The van der Waals surface area contributed by atoms with Crippen LogP contribution in [-0.4, -0.2) is 15.9 Å². The lowest BCUT2D eigenvalue weighted by molar-refractivity contribution is -0.365. The molecule has 0 aliphatic rings. The van der Waals surface area contributed by atoms with Crippen molar-refractivity contribution in [3.8, 4) is 0 Å². The first kappa shape index (κ1) is 18.5. The number of hydrogen-bond acceptors (Lipinski definition) is 2. The molecule has 6 nitrogen and oxygen atoms in total. The van der Waals surface area contributed by atoms with E-state index in [0.29, 0.717) is 5.69 Å². The number of H-pyrrole nitrogens is 1. The van der Waals surface area contributed by atoms with Gasteiger partial charge in [0.15, 0.2) is 0 Å². The van der Waals surface area contributed by atoms with E-state index >= 15 is 0 Å². The van der Waals surface area contributed by atoms with Crippen LogP contribution in [-0.2, 0) is 11.6 Å². The largest absolute Gasteiger partial charge is 0.416 e. The smallest absolute Gasteiger partial charge is 0.322 e. The van der Waals surface area contributed by atoms with Gasteiger partial charge in [0.25, 0.3) is 11.5 Å². The molecule has 9 heteroatoms. The van der Waals surface area contributed by atoms with E-state index in [2.05, 4.69) is 20.3 Å². The molecule has 0 amide bonds. The van der Waals surface area contributed by atoms with Gasteiger partial charge in [-0.1, -0.05) is 26.8 Å². The average molecular weight is 354 g/mol. The van der Waals surface area contributed by atoms with Gasteiger partial charge in [-0.2, -0.15) is 13.2 Å². The number of halogens is 3. The highest BCUT2D eigenvalue weighted by molar-refractivity contribution is 5.88. The number of nitrogens with zero attached hydrogens (tertiary/aromatic N) is 1. The van der Waals surface area contributed by atoms with Crippen molar-refractivity contribution >= 4 is 17.6 Å². The minimum absolute atomic E-state index is 0.0754. The fourth-order valence-corrected chi connectivity index (χ4v) is 1.99. The average Bonchev–Trinajstić information content (AvgIpc) is 2.44. The molecule has 2 rings (SSSR count). The maximum atomic E-state index is 12.7. The predicted octanol–water partition coefficient (Wildman–Crippen LogP) is 1.23. The van der Waals surface area contributed by atoms with Crippen molar-refractivity contribution in [1.29, 1.82) is 0 Å². The fraction of sp³-hybridized carbons (Fsp3) is 0.312. The van der Waals surface area contributed by atoms with Gasteiger partial charge in [0.2, 0.25) is 0 Å².